The summed E-state index contributed by atoms with van der Waals surface area (Å²) >= 11 is 10.1. The second-order valence-electron chi connectivity index (χ2n) is 5.49. The minimum atomic E-state index is 0.112. The minimum absolute atomic E-state index is 0.112. The fourth-order valence-electron chi connectivity index (χ4n) is 2.95. The second kappa shape index (κ2) is 6.85. The van der Waals surface area contributed by atoms with Gasteiger partial charge in [0, 0.05) is 4.47 Å². The molecule has 0 amide bonds. The van der Waals surface area contributed by atoms with Crippen molar-refractivity contribution in [2.24, 2.45) is 5.92 Å². The fraction of sp³-hybridized carbons (Fsp3) is 0.333. The van der Waals surface area contributed by atoms with Crippen LogP contribution in [-0.2, 0) is 6.42 Å². The molecule has 2 aromatic rings. The second-order valence-corrected chi connectivity index (χ2v) is 6.88. The smallest absolute Gasteiger partial charge is 0.120 e. The Kier molecular flexibility index (Phi) is 4.87. The Morgan fingerprint density at radius 3 is 2.86 bits per heavy atom. The van der Waals surface area contributed by atoms with Crippen molar-refractivity contribution in [3.63, 3.8) is 0 Å². The molecule has 0 heterocycles. The van der Waals surface area contributed by atoms with E-state index >= 15 is 0 Å². The van der Waals surface area contributed by atoms with Gasteiger partial charge in [0.2, 0.25) is 0 Å². The third kappa shape index (κ3) is 3.61. The number of halogens is 2. The number of rotatable bonds is 4. The van der Waals surface area contributed by atoms with Crippen LogP contribution in [0.25, 0.3) is 0 Å². The lowest BCUT2D eigenvalue weighted by atomic mass is 9.82. The van der Waals surface area contributed by atoms with Gasteiger partial charge in [-0.3, -0.25) is 0 Å². The van der Waals surface area contributed by atoms with Crippen LogP contribution in [0.15, 0.2) is 53.0 Å². The molecule has 0 bridgehead atoms. The van der Waals surface area contributed by atoms with E-state index in [9.17, 15) is 0 Å². The summed E-state index contributed by atoms with van der Waals surface area (Å²) in [5.74, 6) is 1.40. The van der Waals surface area contributed by atoms with Crippen molar-refractivity contribution in [1.29, 1.82) is 0 Å². The predicted octanol–water partition coefficient (Wildman–Crippen LogP) is 5.76. The van der Waals surface area contributed by atoms with Gasteiger partial charge in [0.05, 0.1) is 12.0 Å². The van der Waals surface area contributed by atoms with Crippen LogP contribution in [0.5, 0.6) is 5.75 Å². The third-order valence-electron chi connectivity index (χ3n) is 4.10. The van der Waals surface area contributed by atoms with E-state index in [1.165, 1.54) is 11.1 Å². The van der Waals surface area contributed by atoms with E-state index in [4.69, 9.17) is 16.3 Å². The van der Waals surface area contributed by atoms with Crippen LogP contribution in [0.4, 0.5) is 0 Å². The summed E-state index contributed by atoms with van der Waals surface area (Å²) in [6.07, 6.45) is 3.27. The molecular formula is C18H18BrClO. The molecule has 0 N–H and O–H groups in total. The predicted molar refractivity (Wildman–Crippen MR) is 91.1 cm³/mol. The van der Waals surface area contributed by atoms with Crippen LogP contribution in [0.2, 0.25) is 0 Å². The molecule has 0 saturated carbocycles. The van der Waals surface area contributed by atoms with Gasteiger partial charge in [0.25, 0.3) is 0 Å². The maximum Gasteiger partial charge on any atom is 0.120 e. The Morgan fingerprint density at radius 1 is 1.14 bits per heavy atom. The first-order valence-electron chi connectivity index (χ1n) is 7.34. The van der Waals surface area contributed by atoms with Gasteiger partial charge >= 0.3 is 0 Å². The average Bonchev–Trinajstić information content (AvgIpc) is 2.50. The first-order valence-corrected chi connectivity index (χ1v) is 8.57. The average molecular weight is 366 g/mol. The van der Waals surface area contributed by atoms with Crippen LogP contribution < -0.4 is 4.74 Å². The van der Waals surface area contributed by atoms with Gasteiger partial charge in [0.1, 0.15) is 5.75 Å². The van der Waals surface area contributed by atoms with Crippen LogP contribution in [0.3, 0.4) is 0 Å². The Hall–Kier alpha value is -0.990. The van der Waals surface area contributed by atoms with Gasteiger partial charge in [-0.15, -0.1) is 11.6 Å². The molecule has 0 fully saturated rings. The van der Waals surface area contributed by atoms with Gasteiger partial charge < -0.3 is 4.74 Å². The summed E-state index contributed by atoms with van der Waals surface area (Å²) in [6.45, 7) is 0.715. The topological polar surface area (TPSA) is 9.23 Å². The zero-order chi connectivity index (χ0) is 14.7. The summed E-state index contributed by atoms with van der Waals surface area (Å²) in [5.41, 5.74) is 2.71. The Labute approximate surface area is 139 Å². The van der Waals surface area contributed by atoms with Crippen LogP contribution in [-0.4, -0.2) is 6.61 Å². The molecule has 0 aromatic heterocycles. The minimum Gasteiger partial charge on any atom is -0.494 e. The van der Waals surface area contributed by atoms with E-state index in [1.807, 2.05) is 24.3 Å². The van der Waals surface area contributed by atoms with E-state index < -0.39 is 0 Å². The Balaban J connectivity index is 1.57. The summed E-state index contributed by atoms with van der Waals surface area (Å²) in [4.78, 5) is 0. The van der Waals surface area contributed by atoms with Crippen LogP contribution in [0.1, 0.15) is 29.3 Å². The number of fused-ring (bicyclic) bond motifs is 1. The molecule has 0 aliphatic heterocycles. The maximum atomic E-state index is 6.66. The first kappa shape index (κ1) is 14.9. The van der Waals surface area contributed by atoms with Crippen molar-refractivity contribution in [2.75, 3.05) is 6.61 Å². The number of hydrogen-bond acceptors (Lipinski definition) is 1. The zero-order valence-corrected chi connectivity index (χ0v) is 14.1. The number of benzene rings is 2. The summed E-state index contributed by atoms with van der Waals surface area (Å²) in [7, 11) is 0. The van der Waals surface area contributed by atoms with E-state index in [1.54, 1.807) is 0 Å². The van der Waals surface area contributed by atoms with Crippen molar-refractivity contribution >= 4 is 27.5 Å². The van der Waals surface area contributed by atoms with Crippen molar-refractivity contribution in [3.05, 3.63) is 64.1 Å². The lowest BCUT2D eigenvalue weighted by Gasteiger charge is -2.29. The highest BCUT2D eigenvalue weighted by atomic mass is 79.9. The highest BCUT2D eigenvalue weighted by Gasteiger charge is 2.27. The van der Waals surface area contributed by atoms with Crippen LogP contribution >= 0.6 is 27.5 Å². The molecular weight excluding hydrogens is 348 g/mol. The van der Waals surface area contributed by atoms with E-state index in [0.29, 0.717) is 12.5 Å². The number of alkyl halides is 1. The number of ether oxygens (including phenoxy) is 1. The Bertz CT molecular complexity index is 614. The molecule has 0 radical (unpaired) electrons. The van der Waals surface area contributed by atoms with Crippen molar-refractivity contribution in [2.45, 2.75) is 24.6 Å². The molecule has 0 spiro atoms. The molecule has 2 atom stereocenters. The summed E-state index contributed by atoms with van der Waals surface area (Å²) in [5, 5.41) is 0.112. The van der Waals surface area contributed by atoms with Crippen molar-refractivity contribution in [1.82, 2.24) is 0 Å². The Morgan fingerprint density at radius 2 is 2.00 bits per heavy atom. The van der Waals surface area contributed by atoms with E-state index in [0.717, 1.165) is 29.5 Å². The quantitative estimate of drug-likeness (QED) is 0.626. The molecule has 3 heteroatoms. The van der Waals surface area contributed by atoms with Gasteiger partial charge in [-0.25, -0.2) is 0 Å². The monoisotopic (exact) mass is 364 g/mol. The van der Waals surface area contributed by atoms with Crippen molar-refractivity contribution < 1.29 is 4.74 Å². The van der Waals surface area contributed by atoms with Gasteiger partial charge in [-0.1, -0.05) is 46.3 Å². The lowest BCUT2D eigenvalue weighted by Crippen LogP contribution is -2.19. The highest BCUT2D eigenvalue weighted by Crippen LogP contribution is 2.40. The molecule has 2 unspecified atom stereocenters. The number of hydrogen-bond donors (Lipinski definition) is 0. The molecule has 1 aliphatic rings. The maximum absolute atomic E-state index is 6.66. The normalized spacial score (nSPS) is 20.9. The fourth-order valence-corrected chi connectivity index (χ4v) is 3.79. The van der Waals surface area contributed by atoms with E-state index in [-0.39, 0.29) is 5.38 Å². The summed E-state index contributed by atoms with van der Waals surface area (Å²) in [6, 6.07) is 16.5. The number of aryl methyl sites for hydroxylation is 1. The van der Waals surface area contributed by atoms with Gasteiger partial charge in [-0.2, -0.15) is 0 Å². The molecule has 21 heavy (non-hydrogen) atoms. The standard InChI is InChI=1S/C18H18BrClO/c19-15-5-3-6-16(12-15)21-11-10-14-9-8-13-4-1-2-7-17(13)18(14)20/h1-7,12,14,18H,8-11H2. The van der Waals surface area contributed by atoms with Gasteiger partial charge in [0.15, 0.2) is 0 Å². The molecule has 110 valence electrons. The molecule has 1 aliphatic carbocycles. The summed E-state index contributed by atoms with van der Waals surface area (Å²) < 4.78 is 6.88. The molecule has 0 saturated heterocycles. The SMILES string of the molecule is ClC1c2ccccc2CCC1CCOc1cccc(Br)c1. The van der Waals surface area contributed by atoms with Gasteiger partial charge in [-0.05, 0) is 54.5 Å². The third-order valence-corrected chi connectivity index (χ3v) is 5.19. The highest BCUT2D eigenvalue weighted by molar-refractivity contribution is 9.10. The first-order chi connectivity index (χ1) is 10.2. The zero-order valence-electron chi connectivity index (χ0n) is 11.8. The molecule has 3 rings (SSSR count). The van der Waals surface area contributed by atoms with Crippen molar-refractivity contribution in [3.8, 4) is 5.75 Å². The molecule has 2 aromatic carbocycles. The van der Waals surface area contributed by atoms with Crippen LogP contribution in [0, 0.1) is 5.92 Å². The lowest BCUT2D eigenvalue weighted by molar-refractivity contribution is 0.264. The largest absolute Gasteiger partial charge is 0.494 e. The molecule has 1 nitrogen and oxygen atoms in total. The van der Waals surface area contributed by atoms with E-state index in [2.05, 4.69) is 40.2 Å².